The van der Waals surface area contributed by atoms with Crippen LogP contribution in [0, 0.1) is 5.82 Å². The van der Waals surface area contributed by atoms with Gasteiger partial charge in [-0.3, -0.25) is 14.7 Å². The lowest BCUT2D eigenvalue weighted by molar-refractivity contribution is -0.120. The second kappa shape index (κ2) is 14.5. The van der Waals surface area contributed by atoms with Gasteiger partial charge >= 0.3 is 0 Å². The quantitative estimate of drug-likeness (QED) is 0.263. The zero-order valence-electron chi connectivity index (χ0n) is 17.2. The minimum absolute atomic E-state index is 0. The van der Waals surface area contributed by atoms with E-state index in [1.807, 2.05) is 19.1 Å². The molecule has 1 fully saturated rings. The summed E-state index contributed by atoms with van der Waals surface area (Å²) in [5.74, 6) is 0.433. The fourth-order valence-electron chi connectivity index (χ4n) is 3.09. The number of carbonyl (C=O) groups excluding carboxylic acids is 1. The lowest BCUT2D eigenvalue weighted by atomic mass is 10.0. The molecule has 0 aliphatic carbocycles. The van der Waals surface area contributed by atoms with Crippen molar-refractivity contribution in [3.05, 3.63) is 35.6 Å². The molecule has 1 aliphatic rings. The van der Waals surface area contributed by atoms with Gasteiger partial charge in [0.15, 0.2) is 5.96 Å². The topological polar surface area (TPSA) is 78.0 Å². The number of rotatable bonds is 9. The van der Waals surface area contributed by atoms with E-state index < -0.39 is 0 Å². The summed E-state index contributed by atoms with van der Waals surface area (Å²) in [6.07, 6.45) is 1.32. The molecule has 3 N–H and O–H groups in total. The van der Waals surface area contributed by atoms with Crippen LogP contribution in [0.2, 0.25) is 0 Å². The number of hydrogen-bond donors (Lipinski definition) is 3. The van der Waals surface area contributed by atoms with Crippen molar-refractivity contribution in [3.63, 3.8) is 0 Å². The van der Waals surface area contributed by atoms with E-state index >= 15 is 0 Å². The molecule has 1 atom stereocenters. The summed E-state index contributed by atoms with van der Waals surface area (Å²) in [6.45, 7) is 6.89. The summed E-state index contributed by atoms with van der Waals surface area (Å²) >= 11 is 0. The van der Waals surface area contributed by atoms with Crippen LogP contribution in [0.3, 0.4) is 0 Å². The Morgan fingerprint density at radius 3 is 2.48 bits per heavy atom. The Hall–Kier alpha value is -1.46. The highest BCUT2D eigenvalue weighted by Crippen LogP contribution is 2.21. The number of benzene rings is 1. The SMILES string of the molecule is CCCNC(=O)CCNC(=NC)NCC(c1ccc(F)cc1)N1CCOCC1.I. The average Bonchev–Trinajstić information content (AvgIpc) is 2.73. The molecule has 164 valence electrons. The van der Waals surface area contributed by atoms with Crippen LogP contribution in [0.15, 0.2) is 29.3 Å². The van der Waals surface area contributed by atoms with E-state index in [9.17, 15) is 9.18 Å². The smallest absolute Gasteiger partial charge is 0.221 e. The molecule has 1 saturated heterocycles. The second-order valence-corrected chi connectivity index (χ2v) is 6.70. The monoisotopic (exact) mass is 521 g/mol. The average molecular weight is 521 g/mol. The lowest BCUT2D eigenvalue weighted by Gasteiger charge is -2.35. The number of nitrogens with zero attached hydrogens (tertiary/aromatic N) is 2. The Bertz CT molecular complexity index is 624. The van der Waals surface area contributed by atoms with E-state index in [1.54, 1.807) is 7.05 Å². The Labute approximate surface area is 189 Å². The van der Waals surface area contributed by atoms with E-state index in [-0.39, 0.29) is 41.7 Å². The van der Waals surface area contributed by atoms with Crippen molar-refractivity contribution in [1.29, 1.82) is 0 Å². The van der Waals surface area contributed by atoms with Crippen molar-refractivity contribution >= 4 is 35.8 Å². The van der Waals surface area contributed by atoms with E-state index in [2.05, 4.69) is 25.8 Å². The summed E-state index contributed by atoms with van der Waals surface area (Å²) in [5.41, 5.74) is 1.05. The third-order valence-corrected chi connectivity index (χ3v) is 4.64. The lowest BCUT2D eigenvalue weighted by Crippen LogP contribution is -2.46. The van der Waals surface area contributed by atoms with Gasteiger partial charge in [0.1, 0.15) is 5.82 Å². The first-order chi connectivity index (χ1) is 13.6. The number of guanidine groups is 1. The van der Waals surface area contributed by atoms with Crippen LogP contribution in [0.1, 0.15) is 31.4 Å². The van der Waals surface area contributed by atoms with Gasteiger partial charge in [0, 0.05) is 46.2 Å². The molecule has 0 aromatic heterocycles. The van der Waals surface area contributed by atoms with E-state index in [1.165, 1.54) is 12.1 Å². The molecule has 2 rings (SSSR count). The number of ether oxygens (including phenoxy) is 1. The van der Waals surface area contributed by atoms with Crippen LogP contribution in [-0.2, 0) is 9.53 Å². The van der Waals surface area contributed by atoms with Crippen LogP contribution < -0.4 is 16.0 Å². The Morgan fingerprint density at radius 2 is 1.86 bits per heavy atom. The van der Waals surface area contributed by atoms with Crippen molar-refractivity contribution in [2.45, 2.75) is 25.8 Å². The van der Waals surface area contributed by atoms with Crippen molar-refractivity contribution in [1.82, 2.24) is 20.9 Å². The first-order valence-electron chi connectivity index (χ1n) is 9.92. The van der Waals surface area contributed by atoms with E-state index in [0.717, 1.165) is 25.1 Å². The highest BCUT2D eigenvalue weighted by Gasteiger charge is 2.23. The molecule has 0 bridgehead atoms. The number of amides is 1. The molecule has 1 amide bonds. The maximum Gasteiger partial charge on any atom is 0.221 e. The van der Waals surface area contributed by atoms with Crippen LogP contribution in [0.5, 0.6) is 0 Å². The molecule has 1 aromatic rings. The predicted octanol–water partition coefficient (Wildman–Crippen LogP) is 1.90. The molecule has 7 nitrogen and oxygen atoms in total. The highest BCUT2D eigenvalue weighted by molar-refractivity contribution is 14.0. The van der Waals surface area contributed by atoms with Gasteiger partial charge in [-0.2, -0.15) is 0 Å². The molecule has 1 aromatic carbocycles. The highest BCUT2D eigenvalue weighted by atomic mass is 127. The van der Waals surface area contributed by atoms with E-state index in [4.69, 9.17) is 4.74 Å². The van der Waals surface area contributed by atoms with Crippen molar-refractivity contribution in [2.24, 2.45) is 4.99 Å². The second-order valence-electron chi connectivity index (χ2n) is 6.70. The molecule has 0 radical (unpaired) electrons. The summed E-state index contributed by atoms with van der Waals surface area (Å²) in [5, 5.41) is 9.35. The maximum absolute atomic E-state index is 13.3. The van der Waals surface area contributed by atoms with Gasteiger partial charge in [-0.15, -0.1) is 24.0 Å². The predicted molar refractivity (Wildman–Crippen MR) is 124 cm³/mol. The molecule has 9 heteroatoms. The van der Waals surface area contributed by atoms with Crippen molar-refractivity contribution in [3.8, 4) is 0 Å². The molecular weight excluding hydrogens is 488 g/mol. The van der Waals surface area contributed by atoms with Gasteiger partial charge in [-0.1, -0.05) is 19.1 Å². The van der Waals surface area contributed by atoms with Gasteiger partial charge < -0.3 is 20.7 Å². The molecule has 29 heavy (non-hydrogen) atoms. The number of aliphatic imine (C=N–C) groups is 1. The number of nitrogens with one attached hydrogen (secondary N) is 3. The van der Waals surface area contributed by atoms with Crippen LogP contribution in [-0.4, -0.2) is 69.8 Å². The van der Waals surface area contributed by atoms with Gasteiger partial charge in [0.2, 0.25) is 5.91 Å². The molecule has 1 unspecified atom stereocenters. The fraction of sp³-hybridized carbons (Fsp3) is 0.600. The summed E-state index contributed by atoms with van der Waals surface area (Å²) in [6, 6.07) is 6.71. The molecule has 0 spiro atoms. The minimum atomic E-state index is -0.240. The largest absolute Gasteiger partial charge is 0.379 e. The summed E-state index contributed by atoms with van der Waals surface area (Å²) < 4.78 is 18.8. The van der Waals surface area contributed by atoms with Crippen LogP contribution >= 0.6 is 24.0 Å². The van der Waals surface area contributed by atoms with Gasteiger partial charge in [-0.25, -0.2) is 4.39 Å². The normalized spacial score (nSPS) is 15.9. The molecule has 0 saturated carbocycles. The van der Waals surface area contributed by atoms with Crippen molar-refractivity contribution in [2.75, 3.05) is 53.0 Å². The van der Waals surface area contributed by atoms with Gasteiger partial charge in [0.05, 0.1) is 19.3 Å². The first kappa shape index (κ1) is 25.6. The number of halogens is 2. The first-order valence-corrected chi connectivity index (χ1v) is 9.92. The number of carbonyl (C=O) groups is 1. The van der Waals surface area contributed by atoms with Crippen LogP contribution in [0.25, 0.3) is 0 Å². The Balaban J connectivity index is 0.00000420. The summed E-state index contributed by atoms with van der Waals surface area (Å²) in [7, 11) is 1.70. The van der Waals surface area contributed by atoms with Crippen LogP contribution in [0.4, 0.5) is 4.39 Å². The zero-order valence-corrected chi connectivity index (χ0v) is 19.6. The third kappa shape index (κ3) is 9.26. The third-order valence-electron chi connectivity index (χ3n) is 4.64. The minimum Gasteiger partial charge on any atom is -0.379 e. The molecule has 1 aliphatic heterocycles. The number of hydrogen-bond acceptors (Lipinski definition) is 4. The standard InChI is InChI=1S/C20H32FN5O2.HI/c1-3-9-23-19(27)8-10-24-20(22-2)25-15-18(26-11-13-28-14-12-26)16-4-6-17(21)7-5-16;/h4-7,18H,3,8-15H2,1-2H3,(H,23,27)(H2,22,24,25);1H. The zero-order chi connectivity index (χ0) is 20.2. The fourth-order valence-corrected chi connectivity index (χ4v) is 3.09. The summed E-state index contributed by atoms with van der Waals surface area (Å²) in [4.78, 5) is 18.3. The number of morpholine rings is 1. The van der Waals surface area contributed by atoms with Gasteiger partial charge in [0.25, 0.3) is 0 Å². The van der Waals surface area contributed by atoms with Gasteiger partial charge in [-0.05, 0) is 24.1 Å². The maximum atomic E-state index is 13.3. The Morgan fingerprint density at radius 1 is 1.17 bits per heavy atom. The Kier molecular flexibility index (Phi) is 12.8. The molecule has 1 heterocycles. The molecular formula is C20H33FIN5O2. The van der Waals surface area contributed by atoms with E-state index in [0.29, 0.717) is 45.2 Å². The van der Waals surface area contributed by atoms with Crippen molar-refractivity contribution < 1.29 is 13.9 Å².